The van der Waals surface area contributed by atoms with Crippen molar-refractivity contribution in [3.63, 3.8) is 0 Å². The second-order valence-corrected chi connectivity index (χ2v) is 15.6. The molecule has 0 aromatic rings. The lowest BCUT2D eigenvalue weighted by atomic mass is 9.98. The highest BCUT2D eigenvalue weighted by molar-refractivity contribution is 5.76. The van der Waals surface area contributed by atoms with Gasteiger partial charge in [-0.2, -0.15) is 0 Å². The number of ether oxygens (including phenoxy) is 2. The van der Waals surface area contributed by atoms with Crippen LogP contribution < -0.4 is 5.32 Å². The van der Waals surface area contributed by atoms with Crippen LogP contribution in [0.2, 0.25) is 0 Å². The number of hydrogen-bond donors (Lipinski definition) is 7. The molecule has 1 aliphatic rings. The van der Waals surface area contributed by atoms with Crippen molar-refractivity contribution in [3.05, 3.63) is 0 Å². The van der Waals surface area contributed by atoms with Gasteiger partial charge in [-0.3, -0.25) is 4.79 Å². The first-order valence-corrected chi connectivity index (χ1v) is 21.8. The van der Waals surface area contributed by atoms with Gasteiger partial charge < -0.3 is 45.4 Å². The van der Waals surface area contributed by atoms with E-state index in [2.05, 4.69) is 19.2 Å². The fourth-order valence-electron chi connectivity index (χ4n) is 7.20. The van der Waals surface area contributed by atoms with Gasteiger partial charge in [0.15, 0.2) is 6.29 Å². The number of carbonyl (C=O) groups excluding carboxylic acids is 1. The number of aliphatic hydroxyl groups is 6. The van der Waals surface area contributed by atoms with Gasteiger partial charge in [-0.05, 0) is 12.8 Å². The van der Waals surface area contributed by atoms with Gasteiger partial charge in [-0.15, -0.1) is 0 Å². The van der Waals surface area contributed by atoms with Gasteiger partial charge in [-0.1, -0.05) is 181 Å². The maximum absolute atomic E-state index is 13.0. The Kier molecular flexibility index (Phi) is 31.7. The van der Waals surface area contributed by atoms with Crippen LogP contribution in [0.25, 0.3) is 0 Å². The molecule has 0 radical (unpaired) electrons. The number of aliphatic hydroxyl groups excluding tert-OH is 6. The third kappa shape index (κ3) is 23.8. The van der Waals surface area contributed by atoms with Gasteiger partial charge in [0.1, 0.15) is 30.5 Å². The van der Waals surface area contributed by atoms with Crippen molar-refractivity contribution in [1.29, 1.82) is 0 Å². The minimum absolute atomic E-state index is 0.256. The topological polar surface area (TPSA) is 169 Å². The van der Waals surface area contributed by atoms with E-state index in [0.717, 1.165) is 44.9 Å². The Morgan fingerprint density at radius 2 is 1.00 bits per heavy atom. The maximum Gasteiger partial charge on any atom is 0.220 e. The molecule has 10 nitrogen and oxygen atoms in total. The summed E-state index contributed by atoms with van der Waals surface area (Å²) in [6.07, 6.45) is 23.9. The quantitative estimate of drug-likeness (QED) is 0.0324. The Labute approximate surface area is 317 Å². The molecule has 2 unspecified atom stereocenters. The molecule has 1 aliphatic heterocycles. The molecule has 0 spiro atoms. The lowest BCUT2D eigenvalue weighted by Gasteiger charge is -2.40. The van der Waals surface area contributed by atoms with Crippen LogP contribution >= 0.6 is 0 Å². The molecule has 0 saturated carbocycles. The van der Waals surface area contributed by atoms with E-state index in [9.17, 15) is 35.4 Å². The van der Waals surface area contributed by atoms with E-state index in [0.29, 0.717) is 6.42 Å². The van der Waals surface area contributed by atoms with Crippen molar-refractivity contribution >= 4 is 5.91 Å². The minimum Gasteiger partial charge on any atom is -0.394 e. The average molecular weight is 746 g/mol. The molecule has 1 saturated heterocycles. The standard InChI is InChI=1S/C42H83NO9/c1-3-5-7-9-11-13-15-17-18-19-21-23-25-27-29-31-37(46)43-34(33-51-42-41(50)40(49)39(48)36(32-44)52-42)38(47)35(45)30-28-26-24-22-20-16-14-12-10-8-6-4-2/h34-36,38-42,44-45,47-50H,3-33H2,1-2H3,(H,43,46)/t34-,35+,36+,38-,39-,40?,41?,42+/m0/s1. The number of rotatable bonds is 36. The van der Waals surface area contributed by atoms with E-state index in [1.165, 1.54) is 128 Å². The van der Waals surface area contributed by atoms with Gasteiger partial charge >= 0.3 is 0 Å². The monoisotopic (exact) mass is 746 g/mol. The van der Waals surface area contributed by atoms with Crippen LogP contribution in [0.4, 0.5) is 0 Å². The molecule has 0 bridgehead atoms. The van der Waals surface area contributed by atoms with Gasteiger partial charge in [0.2, 0.25) is 5.91 Å². The first-order valence-electron chi connectivity index (χ1n) is 21.8. The van der Waals surface area contributed by atoms with Crippen LogP contribution in [-0.4, -0.2) is 98.7 Å². The lowest BCUT2D eigenvalue weighted by Crippen LogP contribution is -2.60. The van der Waals surface area contributed by atoms with E-state index in [4.69, 9.17) is 9.47 Å². The second kappa shape index (κ2) is 33.5. The molecule has 8 atom stereocenters. The minimum atomic E-state index is -1.60. The SMILES string of the molecule is CCCCCCCCCCCCCCCCCC(=O)N[C@@H](CO[C@@H]1O[C@H](CO)[C@H](O)C(O)C1O)[C@H](O)[C@H](O)CCCCCCCCCCCCCC. The Morgan fingerprint density at radius 3 is 1.42 bits per heavy atom. The highest BCUT2D eigenvalue weighted by Crippen LogP contribution is 2.23. The largest absolute Gasteiger partial charge is 0.394 e. The fraction of sp³-hybridized carbons (Fsp3) is 0.976. The molecule has 1 heterocycles. The van der Waals surface area contributed by atoms with Gasteiger partial charge in [-0.25, -0.2) is 0 Å². The number of unbranched alkanes of at least 4 members (excludes halogenated alkanes) is 25. The predicted molar refractivity (Wildman–Crippen MR) is 209 cm³/mol. The molecular weight excluding hydrogens is 662 g/mol. The van der Waals surface area contributed by atoms with Crippen molar-refractivity contribution in [2.75, 3.05) is 13.2 Å². The molecule has 0 aromatic carbocycles. The summed E-state index contributed by atoms with van der Waals surface area (Å²) in [6, 6.07) is -0.983. The van der Waals surface area contributed by atoms with Crippen molar-refractivity contribution in [1.82, 2.24) is 5.32 Å². The van der Waals surface area contributed by atoms with E-state index >= 15 is 0 Å². The Balaban J connectivity index is 2.42. The molecule has 1 amide bonds. The van der Waals surface area contributed by atoms with Gasteiger partial charge in [0, 0.05) is 6.42 Å². The molecule has 1 fully saturated rings. The van der Waals surface area contributed by atoms with Gasteiger partial charge in [0.25, 0.3) is 0 Å². The Bertz CT molecular complexity index is 803. The van der Waals surface area contributed by atoms with E-state index in [-0.39, 0.29) is 18.9 Å². The second-order valence-electron chi connectivity index (χ2n) is 15.6. The van der Waals surface area contributed by atoms with E-state index < -0.39 is 55.6 Å². The van der Waals surface area contributed by atoms with E-state index in [1.54, 1.807) is 0 Å². The average Bonchev–Trinajstić information content (AvgIpc) is 3.14. The summed E-state index contributed by atoms with van der Waals surface area (Å²) in [4.78, 5) is 13.0. The summed E-state index contributed by atoms with van der Waals surface area (Å²) in [5.41, 5.74) is 0. The number of amides is 1. The predicted octanol–water partition coefficient (Wildman–Crippen LogP) is 7.36. The molecule has 0 aromatic heterocycles. The molecule has 7 N–H and O–H groups in total. The van der Waals surface area contributed by atoms with Crippen molar-refractivity contribution < 1.29 is 44.9 Å². The lowest BCUT2D eigenvalue weighted by molar-refractivity contribution is -0.303. The summed E-state index contributed by atoms with van der Waals surface area (Å²) >= 11 is 0. The normalized spacial score (nSPS) is 22.3. The molecule has 10 heteroatoms. The summed E-state index contributed by atoms with van der Waals surface area (Å²) in [7, 11) is 0. The third-order valence-electron chi connectivity index (χ3n) is 10.8. The van der Waals surface area contributed by atoms with E-state index in [1.807, 2.05) is 0 Å². The van der Waals surface area contributed by atoms with Crippen molar-refractivity contribution in [2.24, 2.45) is 0 Å². The molecule has 52 heavy (non-hydrogen) atoms. The highest BCUT2D eigenvalue weighted by Gasteiger charge is 2.44. The first-order chi connectivity index (χ1) is 25.3. The van der Waals surface area contributed by atoms with Gasteiger partial charge in [0.05, 0.1) is 25.4 Å². The summed E-state index contributed by atoms with van der Waals surface area (Å²) < 4.78 is 11.1. The van der Waals surface area contributed by atoms with Crippen LogP contribution in [-0.2, 0) is 14.3 Å². The zero-order valence-corrected chi connectivity index (χ0v) is 33.4. The van der Waals surface area contributed by atoms with Crippen molar-refractivity contribution in [2.45, 2.75) is 249 Å². The summed E-state index contributed by atoms with van der Waals surface area (Å²) in [5.74, 6) is -0.256. The highest BCUT2D eigenvalue weighted by atomic mass is 16.7. The Hall–Kier alpha value is -0.850. The molecule has 310 valence electrons. The summed E-state index contributed by atoms with van der Waals surface area (Å²) in [5, 5.41) is 65.0. The smallest absolute Gasteiger partial charge is 0.220 e. The van der Waals surface area contributed by atoms with Crippen molar-refractivity contribution in [3.8, 4) is 0 Å². The van der Waals surface area contributed by atoms with Crippen LogP contribution in [0.15, 0.2) is 0 Å². The number of carbonyl (C=O) groups is 1. The van der Waals surface area contributed by atoms with Crippen LogP contribution in [0.1, 0.15) is 200 Å². The Morgan fingerprint density at radius 1 is 0.596 bits per heavy atom. The zero-order valence-electron chi connectivity index (χ0n) is 33.4. The maximum atomic E-state index is 13.0. The van der Waals surface area contributed by atoms with Crippen LogP contribution in [0.3, 0.4) is 0 Å². The zero-order chi connectivity index (χ0) is 38.2. The van der Waals surface area contributed by atoms with Crippen LogP contribution in [0, 0.1) is 0 Å². The first kappa shape index (κ1) is 49.2. The fourth-order valence-corrected chi connectivity index (χ4v) is 7.20. The van der Waals surface area contributed by atoms with Crippen LogP contribution in [0.5, 0.6) is 0 Å². The molecule has 0 aliphatic carbocycles. The number of hydrogen-bond acceptors (Lipinski definition) is 9. The molecule has 1 rings (SSSR count). The summed E-state index contributed by atoms with van der Waals surface area (Å²) in [6.45, 7) is 3.60. The number of nitrogens with one attached hydrogen (secondary N) is 1. The molecular formula is C42H83NO9. The third-order valence-corrected chi connectivity index (χ3v) is 10.8.